The van der Waals surface area contributed by atoms with Crippen molar-refractivity contribution >= 4 is 28.0 Å². The molecule has 0 bridgehead atoms. The van der Waals surface area contributed by atoms with E-state index in [4.69, 9.17) is 0 Å². The molecule has 1 amide bonds. The molecule has 0 aliphatic carbocycles. The number of benzene rings is 2. The minimum Gasteiger partial charge on any atom is -0.350 e. The first kappa shape index (κ1) is 15.6. The molecule has 4 rings (SSSR count). The molecule has 124 valence electrons. The predicted octanol–water partition coefficient (Wildman–Crippen LogP) is 4.12. The SMILES string of the molecule is O=C(NCC(c1cccs1)n1cccn1)c1ccc2ccccc2c1. The maximum absolute atomic E-state index is 12.6. The van der Waals surface area contributed by atoms with Gasteiger partial charge in [0.1, 0.15) is 6.04 Å². The van der Waals surface area contributed by atoms with Gasteiger partial charge in [0.25, 0.3) is 5.91 Å². The summed E-state index contributed by atoms with van der Waals surface area (Å²) in [6.45, 7) is 0.494. The van der Waals surface area contributed by atoms with Gasteiger partial charge in [-0.3, -0.25) is 9.48 Å². The van der Waals surface area contributed by atoms with E-state index in [1.165, 1.54) is 4.88 Å². The van der Waals surface area contributed by atoms with Crippen molar-refractivity contribution in [2.45, 2.75) is 6.04 Å². The van der Waals surface area contributed by atoms with E-state index in [1.807, 2.05) is 70.9 Å². The van der Waals surface area contributed by atoms with Crippen molar-refractivity contribution in [1.82, 2.24) is 15.1 Å². The van der Waals surface area contributed by atoms with Gasteiger partial charge in [-0.2, -0.15) is 5.10 Å². The Morgan fingerprint density at radius 1 is 1.08 bits per heavy atom. The van der Waals surface area contributed by atoms with Crippen LogP contribution >= 0.6 is 11.3 Å². The molecule has 1 atom stereocenters. The third-order valence-corrected chi connectivity index (χ3v) is 5.16. The summed E-state index contributed by atoms with van der Waals surface area (Å²) in [6.07, 6.45) is 3.68. The Morgan fingerprint density at radius 3 is 2.72 bits per heavy atom. The summed E-state index contributed by atoms with van der Waals surface area (Å²) in [5.41, 5.74) is 0.670. The Balaban J connectivity index is 1.53. The average Bonchev–Trinajstić information content (AvgIpc) is 3.36. The Labute approximate surface area is 149 Å². The second-order valence-corrected chi connectivity index (χ2v) is 6.77. The third-order valence-electron chi connectivity index (χ3n) is 4.18. The Hall–Kier alpha value is -2.92. The highest BCUT2D eigenvalue weighted by Crippen LogP contribution is 2.22. The van der Waals surface area contributed by atoms with Gasteiger partial charge in [-0.05, 0) is 40.4 Å². The van der Waals surface area contributed by atoms with Crippen molar-refractivity contribution in [2.24, 2.45) is 0 Å². The van der Waals surface area contributed by atoms with E-state index in [0.717, 1.165) is 10.8 Å². The van der Waals surface area contributed by atoms with Crippen molar-refractivity contribution in [1.29, 1.82) is 0 Å². The van der Waals surface area contributed by atoms with E-state index >= 15 is 0 Å². The quantitative estimate of drug-likeness (QED) is 0.590. The van der Waals surface area contributed by atoms with Gasteiger partial charge in [0.15, 0.2) is 0 Å². The molecule has 2 aromatic heterocycles. The van der Waals surface area contributed by atoms with Crippen LogP contribution in [0.4, 0.5) is 0 Å². The lowest BCUT2D eigenvalue weighted by molar-refractivity contribution is 0.0949. The van der Waals surface area contributed by atoms with E-state index in [9.17, 15) is 4.79 Å². The van der Waals surface area contributed by atoms with Crippen LogP contribution in [0.2, 0.25) is 0 Å². The monoisotopic (exact) mass is 347 g/mol. The maximum atomic E-state index is 12.6. The fraction of sp³-hybridized carbons (Fsp3) is 0.100. The molecule has 0 aliphatic rings. The normalized spacial score (nSPS) is 12.2. The van der Waals surface area contributed by atoms with Crippen molar-refractivity contribution in [3.8, 4) is 0 Å². The van der Waals surface area contributed by atoms with Crippen LogP contribution < -0.4 is 5.32 Å². The molecule has 0 fully saturated rings. The molecular formula is C20H17N3OS. The number of hydrogen-bond acceptors (Lipinski definition) is 3. The summed E-state index contributed by atoms with van der Waals surface area (Å²) in [5.74, 6) is -0.0699. The molecule has 4 nitrogen and oxygen atoms in total. The van der Waals surface area contributed by atoms with Crippen molar-refractivity contribution in [2.75, 3.05) is 6.54 Å². The molecular weight excluding hydrogens is 330 g/mol. The largest absolute Gasteiger partial charge is 0.350 e. The molecule has 5 heteroatoms. The number of nitrogens with one attached hydrogen (secondary N) is 1. The van der Waals surface area contributed by atoms with Gasteiger partial charge in [-0.25, -0.2) is 0 Å². The van der Waals surface area contributed by atoms with Crippen LogP contribution in [0.1, 0.15) is 21.3 Å². The highest BCUT2D eigenvalue weighted by molar-refractivity contribution is 7.10. The van der Waals surface area contributed by atoms with Crippen LogP contribution in [-0.2, 0) is 0 Å². The second kappa shape index (κ2) is 6.91. The highest BCUT2D eigenvalue weighted by Gasteiger charge is 2.17. The number of thiophene rings is 1. The molecule has 0 aliphatic heterocycles. The minimum atomic E-state index is -0.0699. The fourth-order valence-corrected chi connectivity index (χ4v) is 3.71. The smallest absolute Gasteiger partial charge is 0.251 e. The van der Waals surface area contributed by atoms with E-state index in [-0.39, 0.29) is 11.9 Å². The van der Waals surface area contributed by atoms with Gasteiger partial charge in [0.2, 0.25) is 0 Å². The molecule has 0 radical (unpaired) electrons. The number of fused-ring (bicyclic) bond motifs is 1. The average molecular weight is 347 g/mol. The van der Waals surface area contributed by atoms with E-state index in [2.05, 4.69) is 16.5 Å². The standard InChI is InChI=1S/C20H17N3OS/c24-20(17-9-8-15-5-1-2-6-16(15)13-17)21-14-18(19-7-3-12-25-19)23-11-4-10-22-23/h1-13,18H,14H2,(H,21,24). The van der Waals surface area contributed by atoms with Crippen LogP contribution in [0.5, 0.6) is 0 Å². The molecule has 2 aromatic carbocycles. The predicted molar refractivity (Wildman–Crippen MR) is 101 cm³/mol. The van der Waals surface area contributed by atoms with Gasteiger partial charge in [-0.1, -0.05) is 36.4 Å². The number of hydrogen-bond donors (Lipinski definition) is 1. The van der Waals surface area contributed by atoms with E-state index < -0.39 is 0 Å². The Kier molecular flexibility index (Phi) is 4.31. The first-order valence-corrected chi connectivity index (χ1v) is 8.99. The van der Waals surface area contributed by atoms with Crippen LogP contribution in [0.3, 0.4) is 0 Å². The van der Waals surface area contributed by atoms with Gasteiger partial charge in [0, 0.05) is 29.4 Å². The number of carbonyl (C=O) groups is 1. The molecule has 4 aromatic rings. The first-order valence-electron chi connectivity index (χ1n) is 8.11. The van der Waals surface area contributed by atoms with Gasteiger partial charge in [0.05, 0.1) is 0 Å². The van der Waals surface area contributed by atoms with Crippen LogP contribution in [0.25, 0.3) is 10.8 Å². The lowest BCUT2D eigenvalue weighted by Gasteiger charge is -2.17. The third kappa shape index (κ3) is 3.32. The summed E-state index contributed by atoms with van der Waals surface area (Å²) < 4.78 is 1.88. The van der Waals surface area contributed by atoms with Gasteiger partial charge in [-0.15, -0.1) is 11.3 Å². The lowest BCUT2D eigenvalue weighted by atomic mass is 10.1. The van der Waals surface area contributed by atoms with Crippen molar-refractivity contribution < 1.29 is 4.79 Å². The number of aromatic nitrogens is 2. The molecule has 2 heterocycles. The van der Waals surface area contributed by atoms with Crippen LogP contribution in [0.15, 0.2) is 78.4 Å². The molecule has 1 unspecified atom stereocenters. The zero-order valence-electron chi connectivity index (χ0n) is 13.5. The van der Waals surface area contributed by atoms with E-state index in [0.29, 0.717) is 12.1 Å². The summed E-state index contributed by atoms with van der Waals surface area (Å²) >= 11 is 1.67. The Bertz CT molecular complexity index is 943. The number of nitrogens with zero attached hydrogens (tertiary/aromatic N) is 2. The summed E-state index contributed by atoms with van der Waals surface area (Å²) in [4.78, 5) is 13.8. The zero-order valence-corrected chi connectivity index (χ0v) is 14.3. The minimum absolute atomic E-state index is 0.000550. The van der Waals surface area contributed by atoms with Crippen LogP contribution in [0, 0.1) is 0 Å². The highest BCUT2D eigenvalue weighted by atomic mass is 32.1. The van der Waals surface area contributed by atoms with Crippen molar-refractivity contribution in [3.05, 3.63) is 88.9 Å². The maximum Gasteiger partial charge on any atom is 0.251 e. The molecule has 0 saturated carbocycles. The van der Waals surface area contributed by atoms with Crippen molar-refractivity contribution in [3.63, 3.8) is 0 Å². The topological polar surface area (TPSA) is 46.9 Å². The first-order chi connectivity index (χ1) is 12.3. The number of amides is 1. The van der Waals surface area contributed by atoms with E-state index in [1.54, 1.807) is 17.5 Å². The summed E-state index contributed by atoms with van der Waals surface area (Å²) in [6, 6.07) is 19.8. The lowest BCUT2D eigenvalue weighted by Crippen LogP contribution is -2.31. The fourth-order valence-electron chi connectivity index (χ4n) is 2.89. The molecule has 1 N–H and O–H groups in total. The number of carbonyl (C=O) groups excluding carboxylic acids is 1. The molecule has 25 heavy (non-hydrogen) atoms. The Morgan fingerprint density at radius 2 is 1.96 bits per heavy atom. The zero-order chi connectivity index (χ0) is 17.1. The van der Waals surface area contributed by atoms with Gasteiger partial charge >= 0.3 is 0 Å². The molecule has 0 saturated heterocycles. The number of rotatable bonds is 5. The summed E-state index contributed by atoms with van der Waals surface area (Å²) in [5, 5.41) is 11.6. The van der Waals surface area contributed by atoms with Crippen LogP contribution in [-0.4, -0.2) is 22.2 Å². The molecule has 0 spiro atoms. The second-order valence-electron chi connectivity index (χ2n) is 5.79. The summed E-state index contributed by atoms with van der Waals surface area (Å²) in [7, 11) is 0. The van der Waals surface area contributed by atoms with Gasteiger partial charge < -0.3 is 5.32 Å².